The van der Waals surface area contributed by atoms with E-state index in [2.05, 4.69) is 47.5 Å². The Morgan fingerprint density at radius 2 is 2.09 bits per heavy atom. The van der Waals surface area contributed by atoms with Crippen molar-refractivity contribution in [1.29, 1.82) is 0 Å². The van der Waals surface area contributed by atoms with Crippen LogP contribution >= 0.6 is 0 Å². The first-order valence-electron chi connectivity index (χ1n) is 12.8. The number of Topliss-reactive ketones (excluding diaryl/α,β-unsaturated/α-hetero) is 1. The number of carbonyl (C=O) groups excluding carboxylic acids is 1. The first kappa shape index (κ1) is 23.9. The lowest BCUT2D eigenvalue weighted by Crippen LogP contribution is -2.33. The normalized spacial score (nSPS) is 19.2. The molecule has 2 aliphatic rings. The molecule has 0 radical (unpaired) electrons. The van der Waals surface area contributed by atoms with Gasteiger partial charge in [-0.1, -0.05) is 43.7 Å². The summed E-state index contributed by atoms with van der Waals surface area (Å²) in [6, 6.07) is 12.7. The molecule has 0 amide bonds. The summed E-state index contributed by atoms with van der Waals surface area (Å²) >= 11 is 0. The van der Waals surface area contributed by atoms with Gasteiger partial charge in [0.05, 0.1) is 12.1 Å². The van der Waals surface area contributed by atoms with Crippen molar-refractivity contribution in [2.45, 2.75) is 77.4 Å². The maximum Gasteiger partial charge on any atom is 0.151 e. The van der Waals surface area contributed by atoms with Crippen LogP contribution in [0.2, 0.25) is 0 Å². The zero-order valence-electron chi connectivity index (χ0n) is 20.3. The van der Waals surface area contributed by atoms with E-state index in [0.717, 1.165) is 77.0 Å². The lowest BCUT2D eigenvalue weighted by Gasteiger charge is -2.27. The molecule has 2 atom stereocenters. The van der Waals surface area contributed by atoms with E-state index in [0.29, 0.717) is 0 Å². The zero-order chi connectivity index (χ0) is 23.0. The van der Waals surface area contributed by atoms with Crippen molar-refractivity contribution in [1.82, 2.24) is 9.88 Å². The van der Waals surface area contributed by atoms with Gasteiger partial charge in [0.2, 0.25) is 0 Å². The Morgan fingerprint density at radius 1 is 1.21 bits per heavy atom. The first-order chi connectivity index (χ1) is 16.2. The van der Waals surface area contributed by atoms with Crippen LogP contribution in [0.3, 0.4) is 0 Å². The summed E-state index contributed by atoms with van der Waals surface area (Å²) in [5, 5.41) is 3.42. The van der Waals surface area contributed by atoms with Crippen LogP contribution in [-0.4, -0.2) is 48.0 Å². The monoisotopic (exact) mass is 449 g/mol. The SMILES string of the molecule is CCc1ccccc1[C@@H](C(C)=O)N1CC[C@@H](OCCCCCc2ccc3c(n2)NCCC3)C1. The molecular weight excluding hydrogens is 410 g/mol. The number of anilines is 1. The number of ether oxygens (including phenoxy) is 1. The number of hydrogen-bond donors (Lipinski definition) is 1. The number of rotatable bonds is 11. The molecule has 33 heavy (non-hydrogen) atoms. The summed E-state index contributed by atoms with van der Waals surface area (Å²) in [6.07, 6.45) is 8.94. The molecule has 4 rings (SSSR count). The molecule has 1 N–H and O–H groups in total. The van der Waals surface area contributed by atoms with E-state index in [1.807, 2.05) is 6.07 Å². The molecule has 0 unspecified atom stereocenters. The Balaban J connectivity index is 1.18. The second-order valence-corrected chi connectivity index (χ2v) is 9.49. The zero-order valence-corrected chi connectivity index (χ0v) is 20.3. The maximum atomic E-state index is 12.5. The minimum absolute atomic E-state index is 0.145. The molecule has 2 aliphatic heterocycles. The number of aromatic nitrogens is 1. The Bertz CT molecular complexity index is 929. The molecule has 0 spiro atoms. The van der Waals surface area contributed by atoms with Crippen molar-refractivity contribution in [3.05, 3.63) is 58.8 Å². The van der Waals surface area contributed by atoms with E-state index in [1.165, 1.54) is 28.8 Å². The molecule has 5 heteroatoms. The van der Waals surface area contributed by atoms with Gasteiger partial charge in [0.1, 0.15) is 5.82 Å². The standard InChI is InChI=1S/C28H39N3O2/c1-3-22-10-6-7-13-26(22)27(21(2)32)31-18-16-25(20-31)33-19-8-4-5-12-24-15-14-23-11-9-17-29-28(23)30-24/h6-7,10,13-15,25,27H,3-5,8-9,11-12,16-20H2,1-2H3,(H,29,30)/t25-,27-/m1/s1. The number of aryl methyl sites for hydroxylation is 3. The van der Waals surface area contributed by atoms with Gasteiger partial charge in [-0.2, -0.15) is 0 Å². The van der Waals surface area contributed by atoms with Gasteiger partial charge in [-0.25, -0.2) is 4.98 Å². The van der Waals surface area contributed by atoms with Gasteiger partial charge in [-0.3, -0.25) is 9.69 Å². The molecular formula is C28H39N3O2. The van der Waals surface area contributed by atoms with Gasteiger partial charge in [-0.05, 0) is 74.6 Å². The maximum absolute atomic E-state index is 12.5. The van der Waals surface area contributed by atoms with Crippen LogP contribution in [0, 0.1) is 0 Å². The van der Waals surface area contributed by atoms with Crippen molar-refractivity contribution in [3.8, 4) is 0 Å². The highest BCUT2D eigenvalue weighted by Gasteiger charge is 2.33. The number of nitrogens with zero attached hydrogens (tertiary/aromatic N) is 2. The minimum Gasteiger partial charge on any atom is -0.377 e. The van der Waals surface area contributed by atoms with Gasteiger partial charge in [0.15, 0.2) is 5.78 Å². The Labute approximate surface area is 198 Å². The number of unbranched alkanes of at least 4 members (excludes halogenated alkanes) is 2. The highest BCUT2D eigenvalue weighted by molar-refractivity contribution is 5.83. The third-order valence-electron chi connectivity index (χ3n) is 7.04. The van der Waals surface area contributed by atoms with Gasteiger partial charge in [-0.15, -0.1) is 0 Å². The molecule has 1 aromatic heterocycles. The van der Waals surface area contributed by atoms with Crippen LogP contribution in [0.15, 0.2) is 36.4 Å². The molecule has 5 nitrogen and oxygen atoms in total. The Kier molecular flexibility index (Phi) is 8.51. The minimum atomic E-state index is -0.145. The highest BCUT2D eigenvalue weighted by Crippen LogP contribution is 2.30. The number of ketones is 1. The molecule has 1 aromatic carbocycles. The van der Waals surface area contributed by atoms with Gasteiger partial charge in [0.25, 0.3) is 0 Å². The van der Waals surface area contributed by atoms with Crippen LogP contribution in [-0.2, 0) is 28.8 Å². The molecule has 1 fully saturated rings. The highest BCUT2D eigenvalue weighted by atomic mass is 16.5. The van der Waals surface area contributed by atoms with E-state index in [1.54, 1.807) is 6.92 Å². The van der Waals surface area contributed by atoms with Crippen LogP contribution < -0.4 is 5.32 Å². The molecule has 3 heterocycles. The second kappa shape index (κ2) is 11.8. The van der Waals surface area contributed by atoms with E-state index >= 15 is 0 Å². The van der Waals surface area contributed by atoms with Crippen molar-refractivity contribution >= 4 is 11.6 Å². The lowest BCUT2D eigenvalue weighted by molar-refractivity contribution is -0.122. The quantitative estimate of drug-likeness (QED) is 0.482. The largest absolute Gasteiger partial charge is 0.377 e. The summed E-state index contributed by atoms with van der Waals surface area (Å²) in [5.74, 6) is 1.32. The molecule has 1 saturated heterocycles. The van der Waals surface area contributed by atoms with Crippen molar-refractivity contribution in [2.75, 3.05) is 31.6 Å². The molecule has 2 aromatic rings. The Morgan fingerprint density at radius 3 is 2.94 bits per heavy atom. The van der Waals surface area contributed by atoms with Crippen LogP contribution in [0.1, 0.15) is 74.4 Å². The third-order valence-corrected chi connectivity index (χ3v) is 7.04. The van der Waals surface area contributed by atoms with E-state index in [4.69, 9.17) is 9.72 Å². The second-order valence-electron chi connectivity index (χ2n) is 9.49. The van der Waals surface area contributed by atoms with Crippen LogP contribution in [0.25, 0.3) is 0 Å². The number of likely N-dealkylation sites (tertiary alicyclic amines) is 1. The van der Waals surface area contributed by atoms with Crippen molar-refractivity contribution in [2.24, 2.45) is 0 Å². The first-order valence-corrected chi connectivity index (χ1v) is 12.8. The number of nitrogens with one attached hydrogen (secondary N) is 1. The number of carbonyl (C=O) groups is 1. The summed E-state index contributed by atoms with van der Waals surface area (Å²) in [4.78, 5) is 19.7. The van der Waals surface area contributed by atoms with Crippen molar-refractivity contribution < 1.29 is 9.53 Å². The Hall–Kier alpha value is -2.24. The summed E-state index contributed by atoms with van der Waals surface area (Å²) in [7, 11) is 0. The predicted molar refractivity (Wildman–Crippen MR) is 134 cm³/mol. The summed E-state index contributed by atoms with van der Waals surface area (Å²) < 4.78 is 6.20. The fourth-order valence-electron chi connectivity index (χ4n) is 5.26. The topological polar surface area (TPSA) is 54.5 Å². The number of fused-ring (bicyclic) bond motifs is 1. The van der Waals surface area contributed by atoms with Crippen LogP contribution in [0.5, 0.6) is 0 Å². The van der Waals surface area contributed by atoms with Crippen LogP contribution in [0.4, 0.5) is 5.82 Å². The summed E-state index contributed by atoms with van der Waals surface area (Å²) in [6.45, 7) is 7.48. The lowest BCUT2D eigenvalue weighted by atomic mass is 9.95. The molecule has 0 aliphatic carbocycles. The van der Waals surface area contributed by atoms with E-state index < -0.39 is 0 Å². The van der Waals surface area contributed by atoms with Gasteiger partial charge in [0, 0.05) is 31.9 Å². The third kappa shape index (κ3) is 6.21. The molecule has 0 bridgehead atoms. The number of benzene rings is 1. The number of pyridine rings is 1. The average molecular weight is 450 g/mol. The fraction of sp³-hybridized carbons (Fsp3) is 0.571. The average Bonchev–Trinajstić information content (AvgIpc) is 3.29. The smallest absolute Gasteiger partial charge is 0.151 e. The summed E-state index contributed by atoms with van der Waals surface area (Å²) in [5.41, 5.74) is 4.98. The van der Waals surface area contributed by atoms with Crippen molar-refractivity contribution in [3.63, 3.8) is 0 Å². The van der Waals surface area contributed by atoms with Gasteiger partial charge >= 0.3 is 0 Å². The molecule has 178 valence electrons. The van der Waals surface area contributed by atoms with Gasteiger partial charge < -0.3 is 10.1 Å². The van der Waals surface area contributed by atoms with E-state index in [-0.39, 0.29) is 17.9 Å². The molecule has 0 saturated carbocycles. The van der Waals surface area contributed by atoms with E-state index in [9.17, 15) is 4.79 Å². The predicted octanol–water partition coefficient (Wildman–Crippen LogP) is 5.14. The fourth-order valence-corrected chi connectivity index (χ4v) is 5.26. The number of hydrogen-bond acceptors (Lipinski definition) is 5.